The first-order valence-electron chi connectivity index (χ1n) is 7.97. The van der Waals surface area contributed by atoms with Gasteiger partial charge in [0.25, 0.3) is 0 Å². The van der Waals surface area contributed by atoms with Crippen LogP contribution in [0.2, 0.25) is 0 Å². The number of likely N-dealkylation sites (tertiary alicyclic amines) is 1. The fraction of sp³-hybridized carbons (Fsp3) is 0.647. The van der Waals surface area contributed by atoms with Gasteiger partial charge in [0.1, 0.15) is 0 Å². The van der Waals surface area contributed by atoms with Crippen LogP contribution >= 0.6 is 0 Å². The Morgan fingerprint density at radius 2 is 1.90 bits per heavy atom. The fourth-order valence-electron chi connectivity index (χ4n) is 3.16. The minimum absolute atomic E-state index is 0.143. The summed E-state index contributed by atoms with van der Waals surface area (Å²) in [6, 6.07) is 9.41. The molecule has 0 saturated carbocycles. The van der Waals surface area contributed by atoms with Crippen LogP contribution in [0.15, 0.2) is 24.3 Å². The molecule has 1 atom stereocenters. The smallest absolute Gasteiger partial charge is 0.0414 e. The topological polar surface area (TPSA) is 32.5 Å². The van der Waals surface area contributed by atoms with E-state index >= 15 is 0 Å². The minimum atomic E-state index is 0.143. The first-order chi connectivity index (χ1) is 9.67. The van der Waals surface area contributed by atoms with E-state index in [0.717, 1.165) is 6.42 Å². The number of anilines is 1. The highest BCUT2D eigenvalue weighted by Gasteiger charge is 2.23. The predicted octanol–water partition coefficient (Wildman–Crippen LogP) is 3.02. The lowest BCUT2D eigenvalue weighted by atomic mass is 9.98. The molecule has 20 heavy (non-hydrogen) atoms. The number of hydrogen-bond donors (Lipinski definition) is 1. The summed E-state index contributed by atoms with van der Waals surface area (Å²) in [6.07, 6.45) is 3.49. The summed E-state index contributed by atoms with van der Waals surface area (Å²) >= 11 is 0. The molecule has 1 aromatic rings. The van der Waals surface area contributed by atoms with E-state index in [4.69, 9.17) is 5.73 Å². The van der Waals surface area contributed by atoms with Crippen molar-refractivity contribution in [2.75, 3.05) is 31.6 Å². The Balaban J connectivity index is 2.11. The Labute approximate surface area is 123 Å². The molecule has 3 heteroatoms. The van der Waals surface area contributed by atoms with Crippen LogP contribution in [0.3, 0.4) is 0 Å². The third-order valence-corrected chi connectivity index (χ3v) is 4.71. The van der Waals surface area contributed by atoms with Crippen molar-refractivity contribution in [2.45, 2.75) is 45.2 Å². The van der Waals surface area contributed by atoms with Gasteiger partial charge in [0, 0.05) is 37.9 Å². The molecule has 0 spiro atoms. The third kappa shape index (κ3) is 3.33. The van der Waals surface area contributed by atoms with Crippen molar-refractivity contribution in [1.82, 2.24) is 4.90 Å². The normalized spacial score (nSPS) is 19.0. The zero-order chi connectivity index (χ0) is 14.5. The lowest BCUT2D eigenvalue weighted by molar-refractivity contribution is 0.220. The zero-order valence-electron chi connectivity index (χ0n) is 13.2. The Hall–Kier alpha value is -1.06. The van der Waals surface area contributed by atoms with Gasteiger partial charge in [0.15, 0.2) is 0 Å². The number of rotatable bonds is 5. The van der Waals surface area contributed by atoms with Gasteiger partial charge in [0.05, 0.1) is 0 Å². The molecular formula is C17H29N3. The van der Waals surface area contributed by atoms with Crippen LogP contribution in [0.1, 0.15) is 44.7 Å². The largest absolute Gasteiger partial charge is 0.371 e. The number of nitrogens with two attached hydrogens (primary N) is 1. The van der Waals surface area contributed by atoms with Crippen molar-refractivity contribution in [3.8, 4) is 0 Å². The molecule has 2 N–H and O–H groups in total. The average Bonchev–Trinajstić information content (AvgIpc) is 2.53. The van der Waals surface area contributed by atoms with Crippen LogP contribution in [-0.4, -0.2) is 37.6 Å². The molecule has 1 unspecified atom stereocenters. The lowest BCUT2D eigenvalue weighted by Gasteiger charge is -2.38. The highest BCUT2D eigenvalue weighted by Crippen LogP contribution is 2.29. The monoisotopic (exact) mass is 275 g/mol. The molecule has 0 amide bonds. The molecule has 1 aromatic carbocycles. The second kappa shape index (κ2) is 7.09. The van der Waals surface area contributed by atoms with E-state index in [2.05, 4.69) is 55.0 Å². The SMILES string of the molecule is CCC(N)c1ccccc1N(C)C1CCN(CC)CC1. The number of benzene rings is 1. The average molecular weight is 275 g/mol. The highest BCUT2D eigenvalue weighted by atomic mass is 15.2. The summed E-state index contributed by atoms with van der Waals surface area (Å²) in [4.78, 5) is 4.99. The van der Waals surface area contributed by atoms with E-state index < -0.39 is 0 Å². The summed E-state index contributed by atoms with van der Waals surface area (Å²) in [5, 5.41) is 0. The van der Waals surface area contributed by atoms with Gasteiger partial charge in [-0.1, -0.05) is 32.0 Å². The number of para-hydroxylation sites is 1. The number of piperidine rings is 1. The summed E-state index contributed by atoms with van der Waals surface area (Å²) in [5.41, 5.74) is 8.88. The molecule has 1 aliphatic heterocycles. The van der Waals surface area contributed by atoms with Crippen LogP contribution in [0.25, 0.3) is 0 Å². The van der Waals surface area contributed by atoms with E-state index in [0.29, 0.717) is 6.04 Å². The van der Waals surface area contributed by atoms with E-state index in [1.165, 1.54) is 43.7 Å². The Morgan fingerprint density at radius 1 is 1.25 bits per heavy atom. The van der Waals surface area contributed by atoms with Gasteiger partial charge in [-0.15, -0.1) is 0 Å². The Kier molecular flexibility index (Phi) is 5.44. The van der Waals surface area contributed by atoms with Crippen LogP contribution in [0, 0.1) is 0 Å². The summed E-state index contributed by atoms with van der Waals surface area (Å²) in [7, 11) is 2.23. The number of nitrogens with zero attached hydrogens (tertiary/aromatic N) is 2. The molecule has 0 radical (unpaired) electrons. The molecule has 2 rings (SSSR count). The molecule has 3 nitrogen and oxygen atoms in total. The van der Waals surface area contributed by atoms with Gasteiger partial charge < -0.3 is 15.5 Å². The first-order valence-corrected chi connectivity index (χ1v) is 7.97. The van der Waals surface area contributed by atoms with E-state index in [1.807, 2.05) is 0 Å². The third-order valence-electron chi connectivity index (χ3n) is 4.71. The molecule has 112 valence electrons. The second-order valence-corrected chi connectivity index (χ2v) is 5.85. The summed E-state index contributed by atoms with van der Waals surface area (Å²) in [5.74, 6) is 0. The minimum Gasteiger partial charge on any atom is -0.371 e. The molecule has 1 fully saturated rings. The van der Waals surface area contributed by atoms with Gasteiger partial charge in [-0.3, -0.25) is 0 Å². The first kappa shape index (κ1) is 15.3. The Morgan fingerprint density at radius 3 is 2.50 bits per heavy atom. The van der Waals surface area contributed by atoms with E-state index in [9.17, 15) is 0 Å². The molecule has 0 aliphatic carbocycles. The van der Waals surface area contributed by atoms with E-state index in [-0.39, 0.29) is 6.04 Å². The highest BCUT2D eigenvalue weighted by molar-refractivity contribution is 5.55. The van der Waals surface area contributed by atoms with Crippen LogP contribution in [-0.2, 0) is 0 Å². The van der Waals surface area contributed by atoms with Crippen molar-refractivity contribution in [3.05, 3.63) is 29.8 Å². The molecule has 1 saturated heterocycles. The summed E-state index contributed by atoms with van der Waals surface area (Å²) in [6.45, 7) is 8.01. The second-order valence-electron chi connectivity index (χ2n) is 5.85. The van der Waals surface area contributed by atoms with Crippen LogP contribution < -0.4 is 10.6 Å². The van der Waals surface area contributed by atoms with Crippen molar-refractivity contribution in [1.29, 1.82) is 0 Å². The quantitative estimate of drug-likeness (QED) is 0.896. The zero-order valence-corrected chi connectivity index (χ0v) is 13.2. The van der Waals surface area contributed by atoms with Gasteiger partial charge in [-0.2, -0.15) is 0 Å². The van der Waals surface area contributed by atoms with Crippen molar-refractivity contribution in [3.63, 3.8) is 0 Å². The molecule has 1 aliphatic rings. The summed E-state index contributed by atoms with van der Waals surface area (Å²) < 4.78 is 0. The Bertz CT molecular complexity index is 410. The van der Waals surface area contributed by atoms with E-state index in [1.54, 1.807) is 0 Å². The van der Waals surface area contributed by atoms with Gasteiger partial charge in [-0.25, -0.2) is 0 Å². The van der Waals surface area contributed by atoms with Crippen LogP contribution in [0.5, 0.6) is 0 Å². The van der Waals surface area contributed by atoms with Crippen molar-refractivity contribution >= 4 is 5.69 Å². The van der Waals surface area contributed by atoms with Crippen molar-refractivity contribution in [2.24, 2.45) is 5.73 Å². The maximum atomic E-state index is 6.27. The fourth-order valence-corrected chi connectivity index (χ4v) is 3.16. The maximum Gasteiger partial charge on any atom is 0.0414 e. The standard InChI is InChI=1S/C17H29N3/c1-4-16(18)15-8-6-7-9-17(15)19(3)14-10-12-20(5-2)13-11-14/h6-9,14,16H,4-5,10-13,18H2,1-3H3. The van der Waals surface area contributed by atoms with Gasteiger partial charge >= 0.3 is 0 Å². The molecule has 0 bridgehead atoms. The van der Waals surface area contributed by atoms with Crippen molar-refractivity contribution < 1.29 is 0 Å². The van der Waals surface area contributed by atoms with Crippen LogP contribution in [0.4, 0.5) is 5.69 Å². The van der Waals surface area contributed by atoms with Gasteiger partial charge in [0.2, 0.25) is 0 Å². The number of hydrogen-bond acceptors (Lipinski definition) is 3. The molecule has 1 heterocycles. The molecular weight excluding hydrogens is 246 g/mol. The van der Waals surface area contributed by atoms with Gasteiger partial charge in [-0.05, 0) is 37.4 Å². The lowest BCUT2D eigenvalue weighted by Crippen LogP contribution is -2.43. The molecule has 0 aromatic heterocycles. The maximum absolute atomic E-state index is 6.27. The predicted molar refractivity (Wildman–Crippen MR) is 87.2 cm³/mol.